The highest BCUT2D eigenvalue weighted by atomic mass is 19.1. The number of nitrogens with two attached hydrogens (primary N) is 1. The number of hydrogen-bond donors (Lipinski definition) is 6. The van der Waals surface area contributed by atoms with E-state index in [0.29, 0.717) is 18.5 Å². The Morgan fingerprint density at radius 2 is 1.96 bits per heavy atom. The smallest absolute Gasteiger partial charge is 0.246 e. The van der Waals surface area contributed by atoms with Crippen molar-refractivity contribution in [2.75, 3.05) is 20.1 Å². The van der Waals surface area contributed by atoms with Crippen molar-refractivity contribution in [1.82, 2.24) is 15.2 Å². The first-order valence-electron chi connectivity index (χ1n) is 6.96. The van der Waals surface area contributed by atoms with E-state index in [2.05, 4.69) is 10.3 Å². The number of halogens is 2. The van der Waals surface area contributed by atoms with Crippen LogP contribution >= 0.6 is 0 Å². The van der Waals surface area contributed by atoms with Gasteiger partial charge < -0.3 is 25.8 Å². The van der Waals surface area contributed by atoms with E-state index in [9.17, 15) is 18.7 Å². The van der Waals surface area contributed by atoms with Crippen molar-refractivity contribution >= 4 is 22.8 Å². The van der Waals surface area contributed by atoms with Crippen LogP contribution in [0.15, 0.2) is 6.20 Å². The van der Waals surface area contributed by atoms with E-state index in [1.165, 1.54) is 6.20 Å². The Morgan fingerprint density at radius 1 is 1.33 bits per heavy atom. The molecule has 0 bridgehead atoms. The number of carbonyl (C=O) groups is 1. The van der Waals surface area contributed by atoms with Gasteiger partial charge in [-0.15, -0.1) is 0 Å². The van der Waals surface area contributed by atoms with Crippen molar-refractivity contribution in [3.63, 3.8) is 0 Å². The van der Waals surface area contributed by atoms with Crippen molar-refractivity contribution in [3.8, 4) is 11.5 Å². The number of aromatic nitrogens is 1. The summed E-state index contributed by atoms with van der Waals surface area (Å²) in [5, 5.41) is 27.5. The van der Waals surface area contributed by atoms with E-state index in [-0.39, 0.29) is 29.3 Å². The lowest BCUT2D eigenvalue weighted by Gasteiger charge is -2.04. The molecule has 1 amide bonds. The molecule has 0 atom stereocenters. The quantitative estimate of drug-likeness (QED) is 0.437. The van der Waals surface area contributed by atoms with E-state index in [1.54, 1.807) is 11.9 Å². The van der Waals surface area contributed by atoms with E-state index < -0.39 is 23.1 Å². The molecule has 0 radical (unpaired) electrons. The molecule has 1 fully saturated rings. The molecule has 3 rings (SSSR count). The lowest BCUT2D eigenvalue weighted by atomic mass is 10.1. The summed E-state index contributed by atoms with van der Waals surface area (Å²) >= 11 is 0. The van der Waals surface area contributed by atoms with Gasteiger partial charge in [0.15, 0.2) is 29.1 Å². The minimum Gasteiger partial charge on any atom is -0.502 e. The number of hydrogen-bond acceptors (Lipinski definition) is 5. The predicted octanol–water partition coefficient (Wildman–Crippen LogP) is 0.341. The number of fused-ring (bicyclic) bond motifs is 1. The van der Waals surface area contributed by atoms with Gasteiger partial charge >= 0.3 is 0 Å². The van der Waals surface area contributed by atoms with Crippen LogP contribution in [0, 0.1) is 17.0 Å². The van der Waals surface area contributed by atoms with Gasteiger partial charge in [0.2, 0.25) is 5.91 Å². The molecule has 130 valence electrons. The second-order valence-corrected chi connectivity index (χ2v) is 5.18. The normalized spacial score (nSPS) is 13.9. The molecule has 24 heavy (non-hydrogen) atoms. The molecular weight excluding hydrogens is 324 g/mol. The molecule has 1 aromatic carbocycles. The summed E-state index contributed by atoms with van der Waals surface area (Å²) < 4.78 is 27.1. The fourth-order valence-electron chi connectivity index (χ4n) is 2.25. The van der Waals surface area contributed by atoms with E-state index in [0.717, 1.165) is 0 Å². The van der Waals surface area contributed by atoms with Crippen LogP contribution < -0.4 is 11.1 Å². The fraction of sp³-hybridized carbons (Fsp3) is 0.286. The van der Waals surface area contributed by atoms with Gasteiger partial charge in [-0.3, -0.25) is 15.5 Å². The van der Waals surface area contributed by atoms with Gasteiger partial charge in [-0.05, 0) is 18.5 Å². The summed E-state index contributed by atoms with van der Waals surface area (Å²) in [6.07, 6.45) is 1.75. The lowest BCUT2D eigenvalue weighted by molar-refractivity contribution is -0.118. The molecule has 0 spiro atoms. The second-order valence-electron chi connectivity index (χ2n) is 5.18. The van der Waals surface area contributed by atoms with Crippen molar-refractivity contribution < 1.29 is 23.8 Å². The largest absolute Gasteiger partial charge is 0.502 e. The molecule has 0 saturated carbocycles. The summed E-state index contributed by atoms with van der Waals surface area (Å²) in [7, 11) is 1.69. The lowest BCUT2D eigenvalue weighted by Crippen LogP contribution is -2.25. The Morgan fingerprint density at radius 3 is 2.42 bits per heavy atom. The number of amides is 1. The molecule has 1 aromatic heterocycles. The number of nitrogens with one attached hydrogen (secondary N) is 3. The average molecular weight is 341 g/mol. The van der Waals surface area contributed by atoms with Gasteiger partial charge in [-0.25, -0.2) is 8.78 Å². The molecule has 1 aliphatic heterocycles. The van der Waals surface area contributed by atoms with Crippen molar-refractivity contribution in [3.05, 3.63) is 23.4 Å². The third-order valence-electron chi connectivity index (χ3n) is 3.47. The molecule has 1 saturated heterocycles. The number of phenols is 2. The van der Waals surface area contributed by atoms with Crippen molar-refractivity contribution in [2.24, 2.45) is 5.73 Å². The third-order valence-corrected chi connectivity index (χ3v) is 3.47. The van der Waals surface area contributed by atoms with Crippen molar-refractivity contribution in [1.29, 1.82) is 5.41 Å². The number of rotatable bonds is 2. The standard InChI is InChI=1S/C10H10F2N2O2.C4H7N3O/c11-6-5-4(1-2-13)3-14-8(5)7(12)10(16)9(6)15;1-7-2-3(8)6-4(7)5/h3,14-16H,1-2,13H2;2H2,1H3,(H2,5,6,8). The van der Waals surface area contributed by atoms with Crippen LogP contribution in [0.4, 0.5) is 8.78 Å². The fourth-order valence-corrected chi connectivity index (χ4v) is 2.25. The van der Waals surface area contributed by atoms with Gasteiger partial charge in [0.25, 0.3) is 0 Å². The summed E-state index contributed by atoms with van der Waals surface area (Å²) in [6, 6.07) is 0. The van der Waals surface area contributed by atoms with Gasteiger partial charge in [0.05, 0.1) is 12.1 Å². The molecular formula is C14H17F2N5O3. The minimum atomic E-state index is -1.09. The first kappa shape index (κ1) is 17.5. The summed E-state index contributed by atoms with van der Waals surface area (Å²) in [5.41, 5.74) is 5.62. The van der Waals surface area contributed by atoms with E-state index in [1.807, 2.05) is 0 Å². The number of H-pyrrole nitrogens is 1. The van der Waals surface area contributed by atoms with Gasteiger partial charge in [0, 0.05) is 18.6 Å². The zero-order valence-electron chi connectivity index (χ0n) is 12.8. The maximum Gasteiger partial charge on any atom is 0.246 e. The van der Waals surface area contributed by atoms with E-state index in [4.69, 9.17) is 16.2 Å². The minimum absolute atomic E-state index is 0.0711. The van der Waals surface area contributed by atoms with Crippen LogP contribution in [0.1, 0.15) is 5.56 Å². The summed E-state index contributed by atoms with van der Waals surface area (Å²) in [5.74, 6) is -4.20. The molecule has 7 N–H and O–H groups in total. The molecule has 1 aliphatic rings. The molecule has 0 unspecified atom stereocenters. The molecule has 10 heteroatoms. The molecule has 0 aliphatic carbocycles. The number of nitrogens with zero attached hydrogens (tertiary/aromatic N) is 1. The summed E-state index contributed by atoms with van der Waals surface area (Å²) in [6.45, 7) is 0.592. The Labute approximate surface area is 135 Å². The molecule has 8 nitrogen and oxygen atoms in total. The highest BCUT2D eigenvalue weighted by Gasteiger charge is 2.22. The predicted molar refractivity (Wildman–Crippen MR) is 82.8 cm³/mol. The Balaban J connectivity index is 0.000000219. The van der Waals surface area contributed by atoms with Crippen LogP contribution in [0.5, 0.6) is 11.5 Å². The zero-order chi connectivity index (χ0) is 18.0. The first-order valence-corrected chi connectivity index (χ1v) is 6.96. The Hall–Kier alpha value is -2.88. The molecule has 2 aromatic rings. The third kappa shape index (κ3) is 3.08. The zero-order valence-corrected chi connectivity index (χ0v) is 12.8. The van der Waals surface area contributed by atoms with Crippen LogP contribution in [0.25, 0.3) is 10.9 Å². The van der Waals surface area contributed by atoms with Crippen LogP contribution in [0.3, 0.4) is 0 Å². The topological polar surface area (TPSA) is 138 Å². The van der Waals surface area contributed by atoms with Crippen LogP contribution in [0.2, 0.25) is 0 Å². The number of benzene rings is 1. The number of carbonyl (C=O) groups excluding carboxylic acids is 1. The van der Waals surface area contributed by atoms with Crippen LogP contribution in [-0.2, 0) is 11.2 Å². The first-order chi connectivity index (χ1) is 11.3. The van der Waals surface area contributed by atoms with Gasteiger partial charge in [0.1, 0.15) is 0 Å². The van der Waals surface area contributed by atoms with Gasteiger partial charge in [-0.2, -0.15) is 0 Å². The second kappa shape index (κ2) is 6.71. The Bertz CT molecular complexity index is 806. The Kier molecular flexibility index (Phi) is 4.88. The maximum absolute atomic E-state index is 13.6. The van der Waals surface area contributed by atoms with E-state index >= 15 is 0 Å². The SMILES string of the molecule is CN1CC(=O)NC1=N.NCCc1c[nH]c2c(F)c(O)c(O)c(F)c12. The van der Waals surface area contributed by atoms with Crippen molar-refractivity contribution in [2.45, 2.75) is 6.42 Å². The molecule has 2 heterocycles. The van der Waals surface area contributed by atoms with Crippen LogP contribution in [-0.4, -0.2) is 52.1 Å². The highest BCUT2D eigenvalue weighted by Crippen LogP contribution is 2.38. The number of aromatic amines is 1. The average Bonchev–Trinajstić information content (AvgIpc) is 3.07. The number of guanidine groups is 1. The highest BCUT2D eigenvalue weighted by molar-refractivity contribution is 6.02. The monoisotopic (exact) mass is 341 g/mol. The maximum atomic E-state index is 13.6. The number of aromatic hydroxyl groups is 2. The number of phenolic OH excluding ortho intramolecular Hbond substituents is 2. The van der Waals surface area contributed by atoms with Gasteiger partial charge in [-0.1, -0.05) is 0 Å². The summed E-state index contributed by atoms with van der Waals surface area (Å²) in [4.78, 5) is 14.4. The number of likely N-dealkylation sites (N-methyl/N-ethyl adjacent to an activating group) is 1.